The predicted octanol–water partition coefficient (Wildman–Crippen LogP) is 2.35. The third kappa shape index (κ3) is 6.39. The number of hydrogen-bond acceptors (Lipinski definition) is 7. The number of hydrogen-bond donors (Lipinski definition) is 4. The van der Waals surface area contributed by atoms with Crippen LogP contribution in [0.3, 0.4) is 0 Å². The molecule has 1 fully saturated rings. The van der Waals surface area contributed by atoms with Crippen LogP contribution in [0, 0.1) is 0 Å². The third-order valence-corrected chi connectivity index (χ3v) is 5.07. The second-order valence-corrected chi connectivity index (χ2v) is 7.51. The summed E-state index contributed by atoms with van der Waals surface area (Å²) in [5.41, 5.74) is 7.71. The number of pyridine rings is 1. The molecule has 0 aliphatic heterocycles. The minimum Gasteiger partial charge on any atom is -0.369 e. The topological polar surface area (TPSA) is 118 Å². The Hall–Kier alpha value is -2.74. The molecule has 0 bridgehead atoms. The Balaban J connectivity index is 1.63. The summed E-state index contributed by atoms with van der Waals surface area (Å²) in [7, 11) is 0. The molecular weight excluding hydrogens is 366 g/mol. The molecule has 1 saturated carbocycles. The lowest BCUT2D eigenvalue weighted by atomic mass is 9.91. The van der Waals surface area contributed by atoms with Gasteiger partial charge in [0.15, 0.2) is 0 Å². The number of nitrogens with zero attached hydrogens (tertiary/aromatic N) is 3. The Morgan fingerprint density at radius 3 is 2.79 bits per heavy atom. The largest absolute Gasteiger partial charge is 0.369 e. The number of nitrogens with one attached hydrogen (secondary N) is 3. The Morgan fingerprint density at radius 2 is 2.03 bits per heavy atom. The molecule has 2 heterocycles. The van der Waals surface area contributed by atoms with Gasteiger partial charge in [0, 0.05) is 43.8 Å². The van der Waals surface area contributed by atoms with Crippen molar-refractivity contribution in [3.8, 4) is 0 Å². The molecule has 1 amide bonds. The summed E-state index contributed by atoms with van der Waals surface area (Å²) < 4.78 is 0. The highest BCUT2D eigenvalue weighted by atomic mass is 16.1. The van der Waals surface area contributed by atoms with Crippen LogP contribution < -0.4 is 21.7 Å². The minimum atomic E-state index is -0.147. The quantitative estimate of drug-likeness (QED) is 0.513. The number of rotatable bonds is 9. The first-order valence-corrected chi connectivity index (χ1v) is 10.5. The second kappa shape index (κ2) is 10.7. The van der Waals surface area contributed by atoms with E-state index in [4.69, 9.17) is 5.73 Å². The SMILES string of the molecule is CCCNc1nc(NCCc2ccncc2)ncc1C(=O)NC1CCCC(N)C1. The van der Waals surface area contributed by atoms with Crippen LogP contribution in [-0.2, 0) is 6.42 Å². The van der Waals surface area contributed by atoms with Crippen LogP contribution in [0.15, 0.2) is 30.7 Å². The average molecular weight is 398 g/mol. The van der Waals surface area contributed by atoms with E-state index in [2.05, 4.69) is 37.8 Å². The number of carbonyl (C=O) groups is 1. The van der Waals surface area contributed by atoms with Crippen LogP contribution in [0.1, 0.15) is 54.9 Å². The van der Waals surface area contributed by atoms with E-state index in [-0.39, 0.29) is 18.0 Å². The molecule has 156 valence electrons. The van der Waals surface area contributed by atoms with Gasteiger partial charge in [0.2, 0.25) is 5.95 Å². The van der Waals surface area contributed by atoms with Crippen molar-refractivity contribution in [2.75, 3.05) is 23.7 Å². The first-order valence-electron chi connectivity index (χ1n) is 10.5. The maximum absolute atomic E-state index is 12.8. The summed E-state index contributed by atoms with van der Waals surface area (Å²) in [5.74, 6) is 0.922. The lowest BCUT2D eigenvalue weighted by Crippen LogP contribution is -2.42. The molecule has 1 aliphatic rings. The number of aromatic nitrogens is 3. The summed E-state index contributed by atoms with van der Waals surface area (Å²) in [4.78, 5) is 25.7. The zero-order valence-corrected chi connectivity index (χ0v) is 17.0. The van der Waals surface area contributed by atoms with E-state index >= 15 is 0 Å². The van der Waals surface area contributed by atoms with Crippen molar-refractivity contribution in [1.82, 2.24) is 20.3 Å². The molecule has 1 aliphatic carbocycles. The lowest BCUT2D eigenvalue weighted by Gasteiger charge is -2.27. The van der Waals surface area contributed by atoms with E-state index in [0.29, 0.717) is 23.9 Å². The molecule has 8 nitrogen and oxygen atoms in total. The zero-order chi connectivity index (χ0) is 20.5. The molecule has 2 aromatic heterocycles. The van der Waals surface area contributed by atoms with Crippen LogP contribution in [-0.4, -0.2) is 46.0 Å². The van der Waals surface area contributed by atoms with E-state index in [9.17, 15) is 4.79 Å². The Labute approximate surface area is 172 Å². The normalized spacial score (nSPS) is 18.8. The zero-order valence-electron chi connectivity index (χ0n) is 17.0. The van der Waals surface area contributed by atoms with Crippen LogP contribution in [0.25, 0.3) is 0 Å². The van der Waals surface area contributed by atoms with Crippen molar-refractivity contribution in [2.24, 2.45) is 5.73 Å². The Bertz CT molecular complexity index is 784. The first kappa shape index (κ1) is 21.0. The van der Waals surface area contributed by atoms with Gasteiger partial charge in [-0.1, -0.05) is 6.92 Å². The fraction of sp³-hybridized carbons (Fsp3) is 0.524. The smallest absolute Gasteiger partial charge is 0.256 e. The number of amides is 1. The maximum Gasteiger partial charge on any atom is 0.256 e. The molecule has 3 rings (SSSR count). The van der Waals surface area contributed by atoms with Gasteiger partial charge in [-0.25, -0.2) is 4.98 Å². The van der Waals surface area contributed by atoms with Crippen molar-refractivity contribution in [2.45, 2.75) is 57.5 Å². The van der Waals surface area contributed by atoms with E-state index in [1.807, 2.05) is 12.1 Å². The van der Waals surface area contributed by atoms with Gasteiger partial charge in [-0.2, -0.15) is 4.98 Å². The van der Waals surface area contributed by atoms with E-state index in [0.717, 1.165) is 45.1 Å². The van der Waals surface area contributed by atoms with E-state index in [1.54, 1.807) is 18.6 Å². The van der Waals surface area contributed by atoms with E-state index in [1.165, 1.54) is 5.56 Å². The van der Waals surface area contributed by atoms with Gasteiger partial charge in [-0.05, 0) is 56.2 Å². The summed E-state index contributed by atoms with van der Waals surface area (Å²) in [6.07, 6.45) is 10.8. The molecule has 0 aromatic carbocycles. The van der Waals surface area contributed by atoms with Crippen molar-refractivity contribution in [3.05, 3.63) is 41.9 Å². The monoisotopic (exact) mass is 397 g/mol. The molecule has 5 N–H and O–H groups in total. The highest BCUT2D eigenvalue weighted by Gasteiger charge is 2.23. The highest BCUT2D eigenvalue weighted by Crippen LogP contribution is 2.19. The van der Waals surface area contributed by atoms with Crippen molar-refractivity contribution in [3.63, 3.8) is 0 Å². The molecule has 8 heteroatoms. The molecule has 2 atom stereocenters. The van der Waals surface area contributed by atoms with E-state index < -0.39 is 0 Å². The fourth-order valence-electron chi connectivity index (χ4n) is 3.50. The highest BCUT2D eigenvalue weighted by molar-refractivity contribution is 5.98. The molecule has 29 heavy (non-hydrogen) atoms. The molecule has 2 unspecified atom stereocenters. The van der Waals surface area contributed by atoms with Crippen molar-refractivity contribution >= 4 is 17.7 Å². The number of nitrogens with two attached hydrogens (primary N) is 1. The molecule has 0 saturated heterocycles. The molecule has 2 aromatic rings. The van der Waals surface area contributed by atoms with Gasteiger partial charge >= 0.3 is 0 Å². The Kier molecular flexibility index (Phi) is 7.75. The second-order valence-electron chi connectivity index (χ2n) is 7.51. The Morgan fingerprint density at radius 1 is 1.21 bits per heavy atom. The van der Waals surface area contributed by atoms with Gasteiger partial charge in [0.1, 0.15) is 11.4 Å². The van der Waals surface area contributed by atoms with Gasteiger partial charge < -0.3 is 21.7 Å². The van der Waals surface area contributed by atoms with Crippen molar-refractivity contribution < 1.29 is 4.79 Å². The number of anilines is 2. The van der Waals surface area contributed by atoms with Gasteiger partial charge in [-0.15, -0.1) is 0 Å². The average Bonchev–Trinajstić information content (AvgIpc) is 2.73. The van der Waals surface area contributed by atoms with Crippen LogP contribution >= 0.6 is 0 Å². The van der Waals surface area contributed by atoms with Crippen LogP contribution in [0.4, 0.5) is 11.8 Å². The summed E-state index contributed by atoms with van der Waals surface area (Å²) >= 11 is 0. The third-order valence-electron chi connectivity index (χ3n) is 5.07. The maximum atomic E-state index is 12.8. The minimum absolute atomic E-state index is 0.114. The fourth-order valence-corrected chi connectivity index (χ4v) is 3.50. The van der Waals surface area contributed by atoms with Crippen LogP contribution in [0.5, 0.6) is 0 Å². The lowest BCUT2D eigenvalue weighted by molar-refractivity contribution is 0.0926. The van der Waals surface area contributed by atoms with Crippen molar-refractivity contribution in [1.29, 1.82) is 0 Å². The number of carbonyl (C=O) groups excluding carboxylic acids is 1. The van der Waals surface area contributed by atoms with Gasteiger partial charge in [-0.3, -0.25) is 9.78 Å². The predicted molar refractivity (Wildman–Crippen MR) is 115 cm³/mol. The first-order chi connectivity index (χ1) is 14.2. The molecule has 0 spiro atoms. The summed E-state index contributed by atoms with van der Waals surface area (Å²) in [6.45, 7) is 3.51. The summed E-state index contributed by atoms with van der Waals surface area (Å²) in [6, 6.07) is 4.25. The molecule has 0 radical (unpaired) electrons. The van der Waals surface area contributed by atoms with Gasteiger partial charge in [0.05, 0.1) is 0 Å². The van der Waals surface area contributed by atoms with Crippen LogP contribution in [0.2, 0.25) is 0 Å². The summed E-state index contributed by atoms with van der Waals surface area (Å²) in [5, 5.41) is 9.59. The standard InChI is InChI=1S/C21H31N7O/c1-2-9-24-19-18(20(29)27-17-5-3-4-16(22)13-17)14-26-21(28-19)25-12-8-15-6-10-23-11-7-15/h6-7,10-11,14,16-17H,2-5,8-9,12-13,22H2,1H3,(H,27,29)(H2,24,25,26,28). The molecular formula is C21H31N7O. The van der Waals surface area contributed by atoms with Gasteiger partial charge in [0.25, 0.3) is 5.91 Å².